The van der Waals surface area contributed by atoms with Gasteiger partial charge in [-0.3, -0.25) is 9.59 Å². The third-order valence-corrected chi connectivity index (χ3v) is 12.5. The summed E-state index contributed by atoms with van der Waals surface area (Å²) < 4.78 is 4.80. The number of hydrogen-bond donors (Lipinski definition) is 1. The largest absolute Gasteiger partial charge is 0.483 e. The van der Waals surface area contributed by atoms with Crippen LogP contribution in [0.1, 0.15) is 280 Å². The summed E-state index contributed by atoms with van der Waals surface area (Å²) in [5.41, 5.74) is 0. The molecule has 1 atom stereocenters. The molecule has 0 aromatic carbocycles. The van der Waals surface area contributed by atoms with Gasteiger partial charge in [-0.05, 0) is 58.0 Å². The molecule has 0 rings (SSSR count). The predicted molar refractivity (Wildman–Crippen MR) is 254 cm³/mol. The number of carboxylic acid groups (broad SMARTS) is 1. The summed E-state index contributed by atoms with van der Waals surface area (Å²) >= 11 is 0. The van der Waals surface area contributed by atoms with Crippen molar-refractivity contribution in [3.05, 3.63) is 0 Å². The van der Waals surface area contributed by atoms with Crippen LogP contribution in [0.3, 0.4) is 0 Å². The van der Waals surface area contributed by atoms with Crippen LogP contribution in [-0.2, 0) is 14.3 Å². The summed E-state index contributed by atoms with van der Waals surface area (Å²) in [5.74, 6) is 2.76. The van der Waals surface area contributed by atoms with E-state index in [9.17, 15) is 4.79 Å². The van der Waals surface area contributed by atoms with Gasteiger partial charge < -0.3 is 14.7 Å². The van der Waals surface area contributed by atoms with Crippen LogP contribution < -0.4 is 0 Å². The first-order valence-corrected chi connectivity index (χ1v) is 25.6. The summed E-state index contributed by atoms with van der Waals surface area (Å²) in [4.78, 5) is 21.0. The zero-order valence-electron chi connectivity index (χ0n) is 40.5. The fourth-order valence-electron chi connectivity index (χ4n) is 8.28. The summed E-state index contributed by atoms with van der Waals surface area (Å²) in [5, 5.41) is 6.89. The highest BCUT2D eigenvalue weighted by atomic mass is 16.5. The fraction of sp³-hybridized carbons (Fsp3) is 0.962. The maximum absolute atomic E-state index is 10.1. The van der Waals surface area contributed by atoms with Gasteiger partial charge >= 0.3 is 0 Å². The second-order valence-electron chi connectivity index (χ2n) is 18.1. The SMILES string of the molecule is CCCCCC(CCCCC)CCOC=O.CCCCCCCCCC(CCCCCCCCCCC(CCCCC)CCCCC)CCN(C)C(C)C.O=CO. The molecular weight excluding hydrogens is 703 g/mol. The van der Waals surface area contributed by atoms with Gasteiger partial charge in [0.05, 0.1) is 6.61 Å². The first-order chi connectivity index (χ1) is 27.8. The van der Waals surface area contributed by atoms with Crippen molar-refractivity contribution in [2.45, 2.75) is 286 Å². The average molecular weight is 810 g/mol. The molecule has 5 heteroatoms. The van der Waals surface area contributed by atoms with Crippen molar-refractivity contribution in [3.63, 3.8) is 0 Å². The van der Waals surface area contributed by atoms with Gasteiger partial charge in [0.1, 0.15) is 0 Å². The molecule has 0 aliphatic carbocycles. The average Bonchev–Trinajstić information content (AvgIpc) is 3.20. The molecule has 0 aliphatic rings. The van der Waals surface area contributed by atoms with Crippen molar-refractivity contribution < 1.29 is 19.4 Å². The van der Waals surface area contributed by atoms with E-state index in [0.29, 0.717) is 19.1 Å². The number of carbonyl (C=O) groups is 2. The van der Waals surface area contributed by atoms with E-state index in [-0.39, 0.29) is 6.47 Å². The second-order valence-corrected chi connectivity index (χ2v) is 18.1. The number of carbonyl (C=O) groups excluding carboxylic acids is 1. The van der Waals surface area contributed by atoms with E-state index in [0.717, 1.165) is 24.2 Å². The number of unbranched alkanes of at least 4 members (excludes halogenated alkanes) is 21. The van der Waals surface area contributed by atoms with Crippen molar-refractivity contribution >= 4 is 12.9 Å². The van der Waals surface area contributed by atoms with Crippen LogP contribution in [0.25, 0.3) is 0 Å². The van der Waals surface area contributed by atoms with Crippen LogP contribution in [0.2, 0.25) is 0 Å². The van der Waals surface area contributed by atoms with E-state index in [1.54, 1.807) is 0 Å². The maximum atomic E-state index is 10.1. The van der Waals surface area contributed by atoms with E-state index in [2.05, 4.69) is 60.4 Å². The standard InChI is InChI=1S/C37H77N.C14H28O2.CH2O2/c1-7-10-13-14-17-20-26-31-37(33-34-38(6)35(4)5)32-27-22-19-16-15-18-21-25-30-36(28-23-11-8-2)29-24-12-9-3;1-3-5-7-9-14(10-8-6-4-2)11-12-16-13-15;2-1-3/h35-37H,7-34H2,1-6H3;13-14H,3-12H2,1-2H3;1H,(H,2,3). The van der Waals surface area contributed by atoms with Crippen LogP contribution in [-0.4, -0.2) is 49.2 Å². The normalized spacial score (nSPS) is 11.8. The highest BCUT2D eigenvalue weighted by Crippen LogP contribution is 2.26. The molecule has 0 aromatic rings. The Morgan fingerprint density at radius 2 is 0.667 bits per heavy atom. The van der Waals surface area contributed by atoms with Crippen LogP contribution in [0.5, 0.6) is 0 Å². The molecule has 344 valence electrons. The maximum Gasteiger partial charge on any atom is 0.293 e. The molecule has 1 unspecified atom stereocenters. The Bertz CT molecular complexity index is 711. The zero-order valence-corrected chi connectivity index (χ0v) is 40.5. The van der Waals surface area contributed by atoms with E-state index in [4.69, 9.17) is 14.6 Å². The lowest BCUT2D eigenvalue weighted by Crippen LogP contribution is -2.28. The van der Waals surface area contributed by atoms with Crippen LogP contribution >= 0.6 is 0 Å². The Kier molecular flexibility index (Phi) is 55.9. The molecule has 0 amide bonds. The van der Waals surface area contributed by atoms with Crippen molar-refractivity contribution in [1.29, 1.82) is 0 Å². The van der Waals surface area contributed by atoms with Crippen molar-refractivity contribution in [1.82, 2.24) is 4.90 Å². The Morgan fingerprint density at radius 1 is 0.421 bits per heavy atom. The lowest BCUT2D eigenvalue weighted by atomic mass is 9.90. The van der Waals surface area contributed by atoms with Gasteiger partial charge in [-0.15, -0.1) is 0 Å². The van der Waals surface area contributed by atoms with E-state index in [1.165, 1.54) is 231 Å². The van der Waals surface area contributed by atoms with Crippen molar-refractivity contribution in [2.24, 2.45) is 17.8 Å². The van der Waals surface area contributed by atoms with Crippen molar-refractivity contribution in [2.75, 3.05) is 20.2 Å². The monoisotopic (exact) mass is 810 g/mol. The third kappa shape index (κ3) is 51.0. The highest BCUT2D eigenvalue weighted by Gasteiger charge is 2.12. The molecular formula is C52H107NO4. The van der Waals surface area contributed by atoms with Gasteiger partial charge in [-0.2, -0.15) is 0 Å². The smallest absolute Gasteiger partial charge is 0.293 e. The summed E-state index contributed by atoms with van der Waals surface area (Å²) in [6.07, 6.45) is 51.0. The number of ether oxygens (including phenoxy) is 1. The quantitative estimate of drug-likeness (QED) is 0.0491. The van der Waals surface area contributed by atoms with Crippen LogP contribution in [0.4, 0.5) is 0 Å². The Labute approximate surface area is 359 Å². The summed E-state index contributed by atoms with van der Waals surface area (Å²) in [7, 11) is 2.31. The second kappa shape index (κ2) is 52.9. The minimum absolute atomic E-state index is 0.250. The molecule has 0 aromatic heterocycles. The molecule has 57 heavy (non-hydrogen) atoms. The molecule has 0 aliphatic heterocycles. The predicted octanol–water partition coefficient (Wildman–Crippen LogP) is 17.2. The molecule has 0 fully saturated rings. The lowest BCUT2D eigenvalue weighted by molar-refractivity contribution is -0.129. The third-order valence-electron chi connectivity index (χ3n) is 12.5. The number of rotatable bonds is 43. The van der Waals surface area contributed by atoms with Crippen molar-refractivity contribution in [3.8, 4) is 0 Å². The number of nitrogens with zero attached hydrogens (tertiary/aromatic N) is 1. The Hall–Kier alpha value is -1.10. The first kappa shape index (κ1) is 60.2. The highest BCUT2D eigenvalue weighted by molar-refractivity contribution is 5.36. The number of hydrogen-bond acceptors (Lipinski definition) is 4. The van der Waals surface area contributed by atoms with Gasteiger partial charge in [0, 0.05) is 6.04 Å². The molecule has 0 radical (unpaired) electrons. The topological polar surface area (TPSA) is 66.8 Å². The van der Waals surface area contributed by atoms with Crippen LogP contribution in [0.15, 0.2) is 0 Å². The minimum Gasteiger partial charge on any atom is -0.483 e. The van der Waals surface area contributed by atoms with E-state index < -0.39 is 0 Å². The molecule has 0 saturated heterocycles. The van der Waals surface area contributed by atoms with Gasteiger partial charge in [0.2, 0.25) is 0 Å². The van der Waals surface area contributed by atoms with E-state index >= 15 is 0 Å². The molecule has 0 bridgehead atoms. The van der Waals surface area contributed by atoms with Gasteiger partial charge in [-0.1, -0.05) is 253 Å². The van der Waals surface area contributed by atoms with E-state index in [1.807, 2.05) is 0 Å². The van der Waals surface area contributed by atoms with Gasteiger partial charge in [-0.25, -0.2) is 0 Å². The molecule has 0 saturated carbocycles. The molecule has 1 N–H and O–H groups in total. The minimum atomic E-state index is -0.250. The first-order valence-electron chi connectivity index (χ1n) is 25.6. The van der Waals surface area contributed by atoms with Gasteiger partial charge in [0.15, 0.2) is 0 Å². The van der Waals surface area contributed by atoms with Gasteiger partial charge in [0.25, 0.3) is 12.9 Å². The molecule has 5 nitrogen and oxygen atoms in total. The van der Waals surface area contributed by atoms with Crippen LogP contribution in [0, 0.1) is 17.8 Å². The summed E-state index contributed by atoms with van der Waals surface area (Å²) in [6, 6.07) is 0.683. The molecule has 0 heterocycles. The zero-order chi connectivity index (χ0) is 42.9. The Balaban J connectivity index is -0.00000127. The fourth-order valence-corrected chi connectivity index (χ4v) is 8.28. The molecule has 0 spiro atoms. The lowest BCUT2D eigenvalue weighted by Gasteiger charge is -2.24. The summed E-state index contributed by atoms with van der Waals surface area (Å²) in [6.45, 7) is 18.4. The Morgan fingerprint density at radius 3 is 0.965 bits per heavy atom.